The Morgan fingerprint density at radius 1 is 1.37 bits per heavy atom. The summed E-state index contributed by atoms with van der Waals surface area (Å²) in [6.45, 7) is 9.31. The van der Waals surface area contributed by atoms with Gasteiger partial charge >= 0.3 is 12.1 Å². The lowest BCUT2D eigenvalue weighted by molar-refractivity contribution is 0.0253. The van der Waals surface area contributed by atoms with E-state index in [4.69, 9.17) is 16.3 Å². The van der Waals surface area contributed by atoms with E-state index in [0.29, 0.717) is 24.7 Å². The van der Waals surface area contributed by atoms with Crippen molar-refractivity contribution in [1.29, 1.82) is 0 Å². The van der Waals surface area contributed by atoms with Crippen LogP contribution in [0.3, 0.4) is 0 Å². The Labute approximate surface area is 166 Å². The zero-order valence-corrected chi connectivity index (χ0v) is 17.6. The van der Waals surface area contributed by atoms with Gasteiger partial charge in [-0.25, -0.2) is 9.59 Å². The minimum absolute atomic E-state index is 0.134. The molecule has 1 saturated heterocycles. The van der Waals surface area contributed by atoms with E-state index in [0.717, 1.165) is 24.1 Å². The van der Waals surface area contributed by atoms with Crippen LogP contribution in [0.5, 0.6) is 0 Å². The maximum atomic E-state index is 12.7. The van der Waals surface area contributed by atoms with E-state index < -0.39 is 5.60 Å². The number of anilines is 1. The second kappa shape index (κ2) is 8.83. The predicted octanol–water partition coefficient (Wildman–Crippen LogP) is 4.76. The van der Waals surface area contributed by atoms with E-state index in [1.807, 2.05) is 39.8 Å². The largest absolute Gasteiger partial charge is 0.444 e. The molecule has 3 amide bonds. The molecule has 1 atom stereocenters. The van der Waals surface area contributed by atoms with Gasteiger partial charge in [-0.2, -0.15) is 0 Å². The van der Waals surface area contributed by atoms with Gasteiger partial charge < -0.3 is 19.9 Å². The average Bonchev–Trinajstić information content (AvgIpc) is 2.57. The lowest BCUT2D eigenvalue weighted by Crippen LogP contribution is -2.46. The molecule has 0 aromatic heterocycles. The molecule has 1 aliphatic heterocycles. The summed E-state index contributed by atoms with van der Waals surface area (Å²) in [5.74, 6) is 0.225. The number of rotatable bonds is 3. The Bertz CT molecular complexity index is 688. The highest BCUT2D eigenvalue weighted by Crippen LogP contribution is 2.24. The van der Waals surface area contributed by atoms with E-state index in [9.17, 15) is 9.59 Å². The lowest BCUT2D eigenvalue weighted by atomic mass is 9.98. The number of ether oxygens (including phenoxy) is 1. The molecule has 27 heavy (non-hydrogen) atoms. The minimum atomic E-state index is -0.515. The fraction of sp³-hybridized carbons (Fsp3) is 0.600. The van der Waals surface area contributed by atoms with Gasteiger partial charge in [-0.05, 0) is 64.2 Å². The Kier molecular flexibility index (Phi) is 6.98. The van der Waals surface area contributed by atoms with Gasteiger partial charge in [-0.3, -0.25) is 0 Å². The van der Waals surface area contributed by atoms with E-state index in [2.05, 4.69) is 5.32 Å². The molecule has 1 aromatic carbocycles. The number of carbonyl (C=O) groups excluding carboxylic acids is 2. The SMILES string of the molecule is Cc1c(Cl)cccc1NC(=O)N1CCC[C@H](CN(C)C(=O)OC(C)(C)C)C1. The van der Waals surface area contributed by atoms with Crippen LogP contribution in [-0.4, -0.2) is 54.2 Å². The molecular formula is C20H30ClN3O3. The van der Waals surface area contributed by atoms with Crippen LogP contribution >= 0.6 is 11.6 Å². The smallest absolute Gasteiger partial charge is 0.410 e. The fourth-order valence-corrected chi connectivity index (χ4v) is 3.31. The number of urea groups is 1. The lowest BCUT2D eigenvalue weighted by Gasteiger charge is -2.35. The fourth-order valence-electron chi connectivity index (χ4n) is 3.14. The topological polar surface area (TPSA) is 61.9 Å². The molecule has 1 N–H and O–H groups in total. The van der Waals surface area contributed by atoms with E-state index in [-0.39, 0.29) is 18.0 Å². The van der Waals surface area contributed by atoms with Gasteiger partial charge in [0.25, 0.3) is 0 Å². The third kappa shape index (κ3) is 6.31. The Hall–Kier alpha value is -1.95. The maximum Gasteiger partial charge on any atom is 0.410 e. The zero-order chi connectivity index (χ0) is 20.2. The summed E-state index contributed by atoms with van der Waals surface area (Å²) in [6.07, 6.45) is 1.56. The quantitative estimate of drug-likeness (QED) is 0.802. The number of benzene rings is 1. The summed E-state index contributed by atoms with van der Waals surface area (Å²) < 4.78 is 5.40. The monoisotopic (exact) mass is 395 g/mol. The Morgan fingerprint density at radius 3 is 2.74 bits per heavy atom. The second-order valence-electron chi connectivity index (χ2n) is 8.16. The summed E-state index contributed by atoms with van der Waals surface area (Å²) in [5.41, 5.74) is 1.06. The van der Waals surface area contributed by atoms with Crippen LogP contribution in [0, 0.1) is 12.8 Å². The number of likely N-dealkylation sites (tertiary alicyclic amines) is 1. The average molecular weight is 396 g/mol. The van der Waals surface area contributed by atoms with Gasteiger partial charge in [0.05, 0.1) is 0 Å². The summed E-state index contributed by atoms with van der Waals surface area (Å²) in [6, 6.07) is 5.33. The van der Waals surface area contributed by atoms with Gasteiger partial charge in [-0.15, -0.1) is 0 Å². The minimum Gasteiger partial charge on any atom is -0.444 e. The molecule has 0 spiro atoms. The summed E-state index contributed by atoms with van der Waals surface area (Å²) in [4.78, 5) is 28.2. The molecule has 6 nitrogen and oxygen atoms in total. The van der Waals surface area contributed by atoms with Gasteiger partial charge in [-0.1, -0.05) is 17.7 Å². The first-order chi connectivity index (χ1) is 12.6. The van der Waals surface area contributed by atoms with Crippen LogP contribution in [0.25, 0.3) is 0 Å². The first-order valence-corrected chi connectivity index (χ1v) is 9.70. The van der Waals surface area contributed by atoms with Crippen molar-refractivity contribution in [2.75, 3.05) is 32.0 Å². The van der Waals surface area contributed by atoms with Crippen molar-refractivity contribution in [3.8, 4) is 0 Å². The highest BCUT2D eigenvalue weighted by atomic mass is 35.5. The molecule has 0 unspecified atom stereocenters. The van der Waals surface area contributed by atoms with Crippen LogP contribution in [0.1, 0.15) is 39.2 Å². The predicted molar refractivity (Wildman–Crippen MR) is 108 cm³/mol. The highest BCUT2D eigenvalue weighted by Gasteiger charge is 2.27. The number of halogens is 1. The van der Waals surface area contributed by atoms with Crippen molar-refractivity contribution in [1.82, 2.24) is 9.80 Å². The maximum absolute atomic E-state index is 12.7. The molecule has 7 heteroatoms. The molecule has 1 aromatic rings. The zero-order valence-electron chi connectivity index (χ0n) is 16.8. The molecule has 150 valence electrons. The molecular weight excluding hydrogens is 366 g/mol. The number of hydrogen-bond donors (Lipinski definition) is 1. The van der Waals surface area contributed by atoms with Crippen molar-refractivity contribution < 1.29 is 14.3 Å². The van der Waals surface area contributed by atoms with E-state index in [1.165, 1.54) is 0 Å². The summed E-state index contributed by atoms with van der Waals surface area (Å²) >= 11 is 6.12. The number of carbonyl (C=O) groups is 2. The van der Waals surface area contributed by atoms with Crippen molar-refractivity contribution in [2.24, 2.45) is 5.92 Å². The number of amides is 3. The van der Waals surface area contributed by atoms with E-state index in [1.54, 1.807) is 22.9 Å². The Morgan fingerprint density at radius 2 is 2.07 bits per heavy atom. The van der Waals surface area contributed by atoms with Gasteiger partial charge in [0.1, 0.15) is 5.60 Å². The van der Waals surface area contributed by atoms with E-state index >= 15 is 0 Å². The number of hydrogen-bond acceptors (Lipinski definition) is 3. The third-order valence-electron chi connectivity index (χ3n) is 4.55. The normalized spacial score (nSPS) is 17.4. The third-order valence-corrected chi connectivity index (χ3v) is 4.96. The van der Waals surface area contributed by atoms with Crippen molar-refractivity contribution >= 4 is 29.4 Å². The number of piperidine rings is 1. The molecule has 2 rings (SSSR count). The molecule has 1 fully saturated rings. The summed E-state index contributed by atoms with van der Waals surface area (Å²) in [5, 5.41) is 3.57. The van der Waals surface area contributed by atoms with Crippen LogP contribution in [0.15, 0.2) is 18.2 Å². The molecule has 1 aliphatic rings. The standard InChI is InChI=1S/C20H30ClN3O3/c1-14-16(21)9-6-10-17(14)22-18(25)24-11-7-8-15(13-24)12-23(5)19(26)27-20(2,3)4/h6,9-10,15H,7-8,11-13H2,1-5H3,(H,22,25)/t15-/m1/s1. The van der Waals surface area contributed by atoms with Crippen molar-refractivity contribution in [2.45, 2.75) is 46.1 Å². The van der Waals surface area contributed by atoms with Crippen molar-refractivity contribution in [3.63, 3.8) is 0 Å². The Balaban J connectivity index is 1.92. The number of nitrogens with one attached hydrogen (secondary N) is 1. The van der Waals surface area contributed by atoms with Gasteiger partial charge in [0, 0.05) is 37.4 Å². The van der Waals surface area contributed by atoms with Crippen LogP contribution in [-0.2, 0) is 4.74 Å². The summed E-state index contributed by atoms with van der Waals surface area (Å²) in [7, 11) is 1.74. The number of nitrogens with zero attached hydrogens (tertiary/aromatic N) is 2. The van der Waals surface area contributed by atoms with Gasteiger partial charge in [0.2, 0.25) is 0 Å². The van der Waals surface area contributed by atoms with Crippen LogP contribution in [0.4, 0.5) is 15.3 Å². The molecule has 0 aliphatic carbocycles. The first-order valence-electron chi connectivity index (χ1n) is 9.32. The van der Waals surface area contributed by atoms with Crippen LogP contribution in [0.2, 0.25) is 5.02 Å². The molecule has 0 saturated carbocycles. The highest BCUT2D eigenvalue weighted by molar-refractivity contribution is 6.31. The molecule has 0 radical (unpaired) electrons. The second-order valence-corrected chi connectivity index (χ2v) is 8.56. The van der Waals surface area contributed by atoms with Crippen LogP contribution < -0.4 is 5.32 Å². The first kappa shape index (κ1) is 21.4. The molecule has 0 bridgehead atoms. The van der Waals surface area contributed by atoms with Gasteiger partial charge in [0.15, 0.2) is 0 Å². The van der Waals surface area contributed by atoms with Crippen molar-refractivity contribution in [3.05, 3.63) is 28.8 Å². The molecule has 1 heterocycles.